The van der Waals surface area contributed by atoms with Gasteiger partial charge in [-0.3, -0.25) is 0 Å². The van der Waals surface area contributed by atoms with E-state index in [1.807, 2.05) is 38.1 Å². The summed E-state index contributed by atoms with van der Waals surface area (Å²) in [5, 5.41) is 3.28. The van der Waals surface area contributed by atoms with Gasteiger partial charge in [-0.15, -0.1) is 0 Å². The minimum Gasteiger partial charge on any atom is -0.317 e. The molecule has 0 saturated carbocycles. The molecule has 0 aromatic heterocycles. The van der Waals surface area contributed by atoms with E-state index in [1.165, 1.54) is 0 Å². The van der Waals surface area contributed by atoms with Crippen molar-refractivity contribution in [1.29, 1.82) is 0 Å². The molecule has 1 aromatic carbocycles. The van der Waals surface area contributed by atoms with Crippen molar-refractivity contribution in [3.8, 4) is 0 Å². The molecule has 0 aliphatic carbocycles. The van der Waals surface area contributed by atoms with Crippen molar-refractivity contribution in [1.82, 2.24) is 10.0 Å². The van der Waals surface area contributed by atoms with Crippen molar-refractivity contribution in [2.24, 2.45) is 0 Å². The lowest BCUT2D eigenvalue weighted by Crippen LogP contribution is -2.30. The smallest absolute Gasteiger partial charge is 0.212 e. The van der Waals surface area contributed by atoms with Gasteiger partial charge in [-0.2, -0.15) is 0 Å². The van der Waals surface area contributed by atoms with E-state index in [1.54, 1.807) is 0 Å². The second-order valence-electron chi connectivity index (χ2n) is 5.47. The average molecular weight is 312 g/mol. The molecule has 0 amide bonds. The maximum absolute atomic E-state index is 12.1. The largest absolute Gasteiger partial charge is 0.317 e. The Morgan fingerprint density at radius 2 is 1.86 bits per heavy atom. The molecule has 21 heavy (non-hydrogen) atoms. The van der Waals surface area contributed by atoms with Gasteiger partial charge in [0.2, 0.25) is 10.0 Å². The van der Waals surface area contributed by atoms with Gasteiger partial charge in [0.25, 0.3) is 0 Å². The van der Waals surface area contributed by atoms with E-state index < -0.39 is 10.0 Å². The van der Waals surface area contributed by atoms with E-state index in [4.69, 9.17) is 0 Å². The number of hydrogen-bond donors (Lipinski definition) is 2. The maximum Gasteiger partial charge on any atom is 0.212 e. The molecule has 0 fully saturated rings. The van der Waals surface area contributed by atoms with Crippen LogP contribution in [0.3, 0.4) is 0 Å². The van der Waals surface area contributed by atoms with Crippen LogP contribution in [0, 0.1) is 6.92 Å². The van der Waals surface area contributed by atoms with Crippen molar-refractivity contribution in [2.75, 3.05) is 18.8 Å². The monoisotopic (exact) mass is 312 g/mol. The molecule has 1 atom stereocenters. The molecular weight excluding hydrogens is 284 g/mol. The molecule has 0 saturated heterocycles. The molecule has 0 aliphatic rings. The van der Waals surface area contributed by atoms with Crippen LogP contribution in [0.15, 0.2) is 24.3 Å². The van der Waals surface area contributed by atoms with Gasteiger partial charge in [0.1, 0.15) is 0 Å². The fraction of sp³-hybridized carbons (Fsp3) is 0.625. The summed E-state index contributed by atoms with van der Waals surface area (Å²) in [7, 11) is -3.22. The fourth-order valence-corrected chi connectivity index (χ4v) is 3.68. The van der Waals surface area contributed by atoms with Crippen LogP contribution in [-0.2, 0) is 10.0 Å². The first-order valence-corrected chi connectivity index (χ1v) is 9.37. The molecule has 0 spiro atoms. The van der Waals surface area contributed by atoms with Gasteiger partial charge in [-0.25, -0.2) is 13.1 Å². The van der Waals surface area contributed by atoms with E-state index >= 15 is 0 Å². The Morgan fingerprint density at radius 1 is 1.14 bits per heavy atom. The summed E-state index contributed by atoms with van der Waals surface area (Å²) in [5.74, 6) is 0.191. The summed E-state index contributed by atoms with van der Waals surface area (Å²) in [6.07, 6.45) is 2.68. The number of rotatable bonds is 10. The summed E-state index contributed by atoms with van der Waals surface area (Å²) < 4.78 is 26.9. The Balaban J connectivity index is 2.40. The summed E-state index contributed by atoms with van der Waals surface area (Å²) in [4.78, 5) is 0. The minimum atomic E-state index is -3.22. The van der Waals surface area contributed by atoms with Crippen LogP contribution in [0.25, 0.3) is 0 Å². The molecule has 2 N–H and O–H groups in total. The fourth-order valence-electron chi connectivity index (χ4n) is 2.31. The Labute approximate surface area is 129 Å². The number of sulfonamides is 1. The molecule has 0 radical (unpaired) electrons. The number of unbranched alkanes of at least 4 members (excludes halogenated alkanes) is 1. The van der Waals surface area contributed by atoms with E-state index in [0.29, 0.717) is 6.42 Å². The topological polar surface area (TPSA) is 58.2 Å². The van der Waals surface area contributed by atoms with Gasteiger partial charge in [0.15, 0.2) is 0 Å². The lowest BCUT2D eigenvalue weighted by atomic mass is 10.0. The maximum atomic E-state index is 12.1. The third-order valence-corrected chi connectivity index (χ3v) is 4.99. The van der Waals surface area contributed by atoms with Crippen LogP contribution in [0.2, 0.25) is 0 Å². The van der Waals surface area contributed by atoms with Gasteiger partial charge >= 0.3 is 0 Å². The summed E-state index contributed by atoms with van der Waals surface area (Å²) in [6, 6.07) is 7.68. The zero-order valence-electron chi connectivity index (χ0n) is 13.4. The van der Waals surface area contributed by atoms with Crippen LogP contribution in [0.1, 0.15) is 50.3 Å². The predicted molar refractivity (Wildman–Crippen MR) is 88.9 cm³/mol. The van der Waals surface area contributed by atoms with Crippen molar-refractivity contribution in [3.63, 3.8) is 0 Å². The molecule has 0 aliphatic heterocycles. The quantitative estimate of drug-likeness (QED) is 0.653. The minimum absolute atomic E-state index is 0.186. The molecule has 0 heterocycles. The molecule has 1 rings (SSSR count). The van der Waals surface area contributed by atoms with Crippen LogP contribution in [0.5, 0.6) is 0 Å². The van der Waals surface area contributed by atoms with E-state index in [2.05, 4.69) is 17.0 Å². The molecule has 1 unspecified atom stereocenters. The highest BCUT2D eigenvalue weighted by atomic mass is 32.2. The third kappa shape index (κ3) is 7.07. The first-order valence-electron chi connectivity index (χ1n) is 7.72. The highest BCUT2D eigenvalue weighted by Crippen LogP contribution is 2.17. The highest BCUT2D eigenvalue weighted by Gasteiger charge is 2.16. The Bertz CT molecular complexity index is 515. The first-order chi connectivity index (χ1) is 9.96. The van der Waals surface area contributed by atoms with Gasteiger partial charge in [-0.1, -0.05) is 31.2 Å². The average Bonchev–Trinajstić information content (AvgIpc) is 2.42. The van der Waals surface area contributed by atoms with Crippen LogP contribution < -0.4 is 10.0 Å². The van der Waals surface area contributed by atoms with E-state index in [0.717, 1.165) is 37.1 Å². The van der Waals surface area contributed by atoms with Crippen molar-refractivity contribution in [3.05, 3.63) is 35.4 Å². The molecule has 1 aromatic rings. The summed E-state index contributed by atoms with van der Waals surface area (Å²) in [5.41, 5.74) is 2.14. The summed E-state index contributed by atoms with van der Waals surface area (Å²) in [6.45, 7) is 7.89. The highest BCUT2D eigenvalue weighted by molar-refractivity contribution is 7.89. The molecule has 0 bridgehead atoms. The normalized spacial score (nSPS) is 13.3. The van der Waals surface area contributed by atoms with E-state index in [9.17, 15) is 8.42 Å². The second kappa shape index (κ2) is 9.18. The van der Waals surface area contributed by atoms with Crippen LogP contribution >= 0.6 is 0 Å². The first kappa shape index (κ1) is 18.1. The zero-order valence-corrected chi connectivity index (χ0v) is 14.2. The standard InChI is InChI=1S/C16H28N2O2S/c1-4-11-17-12-7-8-13-21(19,20)18-15(3)16-10-6-5-9-14(16)2/h5-6,9-10,15,17-18H,4,7-8,11-13H2,1-3H3. The van der Waals surface area contributed by atoms with Crippen LogP contribution in [-0.4, -0.2) is 27.3 Å². The Kier molecular flexibility index (Phi) is 7.93. The number of aryl methyl sites for hydroxylation is 1. The third-order valence-electron chi connectivity index (χ3n) is 3.45. The Morgan fingerprint density at radius 3 is 2.52 bits per heavy atom. The lowest BCUT2D eigenvalue weighted by Gasteiger charge is -2.16. The number of nitrogens with one attached hydrogen (secondary N) is 2. The van der Waals surface area contributed by atoms with Crippen LogP contribution in [0.4, 0.5) is 0 Å². The molecule has 120 valence electrons. The van der Waals surface area contributed by atoms with Crippen molar-refractivity contribution in [2.45, 2.75) is 46.1 Å². The van der Waals surface area contributed by atoms with Gasteiger partial charge < -0.3 is 5.32 Å². The number of hydrogen-bond acceptors (Lipinski definition) is 3. The number of benzene rings is 1. The second-order valence-corrected chi connectivity index (χ2v) is 7.35. The SMILES string of the molecule is CCCNCCCCS(=O)(=O)NC(C)c1ccccc1C. The predicted octanol–water partition coefficient (Wildman–Crippen LogP) is 2.76. The molecule has 5 heteroatoms. The molecule has 4 nitrogen and oxygen atoms in total. The van der Waals surface area contributed by atoms with Gasteiger partial charge in [0, 0.05) is 6.04 Å². The Hall–Kier alpha value is -0.910. The van der Waals surface area contributed by atoms with Gasteiger partial charge in [-0.05, 0) is 57.3 Å². The van der Waals surface area contributed by atoms with Gasteiger partial charge in [0.05, 0.1) is 5.75 Å². The van der Waals surface area contributed by atoms with Crippen molar-refractivity contribution < 1.29 is 8.42 Å². The molecular formula is C16H28N2O2S. The zero-order chi connectivity index (χ0) is 15.7. The van der Waals surface area contributed by atoms with E-state index in [-0.39, 0.29) is 11.8 Å². The lowest BCUT2D eigenvalue weighted by molar-refractivity contribution is 0.559. The van der Waals surface area contributed by atoms with Crippen molar-refractivity contribution >= 4 is 10.0 Å². The summed E-state index contributed by atoms with van der Waals surface area (Å²) >= 11 is 0.